The summed E-state index contributed by atoms with van der Waals surface area (Å²) < 4.78 is 5.38. The molecule has 1 aliphatic heterocycles. The molecule has 3 rings (SSSR count). The highest BCUT2D eigenvalue weighted by molar-refractivity contribution is 5.76. The van der Waals surface area contributed by atoms with Gasteiger partial charge in [-0.1, -0.05) is 36.7 Å². The van der Waals surface area contributed by atoms with Crippen molar-refractivity contribution in [2.24, 2.45) is 5.92 Å². The molecule has 0 atom stereocenters. The molecule has 0 bridgehead atoms. The summed E-state index contributed by atoms with van der Waals surface area (Å²) in [5, 5.41) is 4.09. The molecule has 0 radical (unpaired) electrons. The average Bonchev–Trinajstić information content (AvgIpc) is 3.04. The SMILES string of the molecule is Cc1ccc(-c2nc(CN3CCN(C(=O)CC(C)C)CC3)no2)cc1. The number of hydrogen-bond donors (Lipinski definition) is 0. The first-order valence-corrected chi connectivity index (χ1v) is 8.91. The highest BCUT2D eigenvalue weighted by Crippen LogP contribution is 2.18. The smallest absolute Gasteiger partial charge is 0.257 e. The van der Waals surface area contributed by atoms with Gasteiger partial charge in [0.15, 0.2) is 5.82 Å². The van der Waals surface area contributed by atoms with Gasteiger partial charge in [-0.05, 0) is 25.0 Å². The second kappa shape index (κ2) is 7.78. The zero-order chi connectivity index (χ0) is 17.8. The number of amides is 1. The summed E-state index contributed by atoms with van der Waals surface area (Å²) in [7, 11) is 0. The highest BCUT2D eigenvalue weighted by Gasteiger charge is 2.22. The number of aromatic nitrogens is 2. The molecule has 0 aliphatic carbocycles. The van der Waals surface area contributed by atoms with Crippen molar-refractivity contribution in [3.8, 4) is 11.5 Å². The number of nitrogens with zero attached hydrogens (tertiary/aromatic N) is 4. The van der Waals surface area contributed by atoms with Crippen molar-refractivity contribution in [2.75, 3.05) is 26.2 Å². The minimum absolute atomic E-state index is 0.260. The van der Waals surface area contributed by atoms with Crippen molar-refractivity contribution < 1.29 is 9.32 Å². The maximum atomic E-state index is 12.1. The molecule has 0 N–H and O–H groups in total. The van der Waals surface area contributed by atoms with Crippen LogP contribution in [0.4, 0.5) is 0 Å². The van der Waals surface area contributed by atoms with Gasteiger partial charge in [0.25, 0.3) is 5.89 Å². The van der Waals surface area contributed by atoms with Crippen molar-refractivity contribution >= 4 is 5.91 Å². The van der Waals surface area contributed by atoms with Gasteiger partial charge in [-0.15, -0.1) is 0 Å². The molecule has 1 saturated heterocycles. The van der Waals surface area contributed by atoms with Crippen LogP contribution in [0.1, 0.15) is 31.7 Å². The molecule has 1 fully saturated rings. The van der Waals surface area contributed by atoms with Gasteiger partial charge in [-0.2, -0.15) is 4.98 Å². The van der Waals surface area contributed by atoms with E-state index >= 15 is 0 Å². The van der Waals surface area contributed by atoms with Gasteiger partial charge in [0.1, 0.15) is 0 Å². The van der Waals surface area contributed by atoms with Crippen molar-refractivity contribution in [1.29, 1.82) is 0 Å². The van der Waals surface area contributed by atoms with Crippen LogP contribution in [0.2, 0.25) is 0 Å². The number of piperazine rings is 1. The zero-order valence-corrected chi connectivity index (χ0v) is 15.2. The number of carbonyl (C=O) groups is 1. The van der Waals surface area contributed by atoms with Crippen LogP contribution in [0.25, 0.3) is 11.5 Å². The van der Waals surface area contributed by atoms with Crippen LogP contribution < -0.4 is 0 Å². The molecular formula is C19H26N4O2. The Kier molecular flexibility index (Phi) is 5.48. The third-order valence-electron chi connectivity index (χ3n) is 4.44. The van der Waals surface area contributed by atoms with E-state index < -0.39 is 0 Å². The van der Waals surface area contributed by atoms with E-state index in [2.05, 4.69) is 35.8 Å². The average molecular weight is 342 g/mol. The van der Waals surface area contributed by atoms with E-state index in [0.29, 0.717) is 30.6 Å². The minimum Gasteiger partial charge on any atom is -0.340 e. The lowest BCUT2D eigenvalue weighted by atomic mass is 10.1. The monoisotopic (exact) mass is 342 g/mol. The van der Waals surface area contributed by atoms with E-state index in [9.17, 15) is 4.79 Å². The summed E-state index contributed by atoms with van der Waals surface area (Å²) in [5.74, 6) is 1.92. The Bertz CT molecular complexity index is 700. The Morgan fingerprint density at radius 1 is 1.16 bits per heavy atom. The van der Waals surface area contributed by atoms with Crippen molar-refractivity contribution in [3.05, 3.63) is 35.7 Å². The fraction of sp³-hybridized carbons (Fsp3) is 0.526. The Labute approximate surface area is 148 Å². The van der Waals surface area contributed by atoms with Gasteiger partial charge in [0, 0.05) is 38.2 Å². The van der Waals surface area contributed by atoms with Crippen molar-refractivity contribution in [2.45, 2.75) is 33.7 Å². The van der Waals surface area contributed by atoms with Crippen LogP contribution in [-0.2, 0) is 11.3 Å². The van der Waals surface area contributed by atoms with Gasteiger partial charge in [0.2, 0.25) is 5.91 Å². The lowest BCUT2D eigenvalue weighted by Gasteiger charge is -2.34. The van der Waals surface area contributed by atoms with E-state index in [-0.39, 0.29) is 5.91 Å². The molecule has 6 heteroatoms. The number of hydrogen-bond acceptors (Lipinski definition) is 5. The Balaban J connectivity index is 1.53. The first-order chi connectivity index (χ1) is 12.0. The Hall–Kier alpha value is -2.21. The van der Waals surface area contributed by atoms with Crippen LogP contribution >= 0.6 is 0 Å². The van der Waals surface area contributed by atoms with Gasteiger partial charge < -0.3 is 9.42 Å². The van der Waals surface area contributed by atoms with Crippen LogP contribution in [0.5, 0.6) is 0 Å². The first kappa shape index (κ1) is 17.6. The molecule has 1 aromatic heterocycles. The van der Waals surface area contributed by atoms with Gasteiger partial charge >= 0.3 is 0 Å². The first-order valence-electron chi connectivity index (χ1n) is 8.91. The number of benzene rings is 1. The van der Waals surface area contributed by atoms with E-state index in [1.165, 1.54) is 5.56 Å². The fourth-order valence-corrected chi connectivity index (χ4v) is 2.97. The molecule has 2 aromatic rings. The maximum Gasteiger partial charge on any atom is 0.257 e. The van der Waals surface area contributed by atoms with Crippen LogP contribution in [0.3, 0.4) is 0 Å². The summed E-state index contributed by atoms with van der Waals surface area (Å²) in [5.41, 5.74) is 2.14. The van der Waals surface area contributed by atoms with Gasteiger partial charge in [0.05, 0.1) is 6.54 Å². The lowest BCUT2D eigenvalue weighted by molar-refractivity contribution is -0.133. The Morgan fingerprint density at radius 2 is 1.84 bits per heavy atom. The van der Waals surface area contributed by atoms with Gasteiger partial charge in [-0.25, -0.2) is 0 Å². The number of aryl methyl sites for hydroxylation is 1. The molecular weight excluding hydrogens is 316 g/mol. The molecule has 6 nitrogen and oxygen atoms in total. The van der Waals surface area contributed by atoms with Gasteiger partial charge in [-0.3, -0.25) is 9.69 Å². The molecule has 0 spiro atoms. The van der Waals surface area contributed by atoms with Crippen LogP contribution in [-0.4, -0.2) is 52.0 Å². The third-order valence-corrected chi connectivity index (χ3v) is 4.44. The molecule has 134 valence electrons. The van der Waals surface area contributed by atoms with E-state index in [1.54, 1.807) is 0 Å². The predicted molar refractivity (Wildman–Crippen MR) is 95.8 cm³/mol. The normalized spacial score (nSPS) is 15.8. The number of rotatable bonds is 5. The Morgan fingerprint density at radius 3 is 2.48 bits per heavy atom. The lowest BCUT2D eigenvalue weighted by Crippen LogP contribution is -2.48. The quantitative estimate of drug-likeness (QED) is 0.836. The summed E-state index contributed by atoms with van der Waals surface area (Å²) in [6.45, 7) is 10.1. The second-order valence-corrected chi connectivity index (χ2v) is 7.14. The molecule has 0 unspecified atom stereocenters. The highest BCUT2D eigenvalue weighted by atomic mass is 16.5. The van der Waals surface area contributed by atoms with E-state index in [0.717, 1.165) is 31.7 Å². The van der Waals surface area contributed by atoms with E-state index in [4.69, 9.17) is 4.52 Å². The van der Waals surface area contributed by atoms with Crippen molar-refractivity contribution in [1.82, 2.24) is 19.9 Å². The molecule has 25 heavy (non-hydrogen) atoms. The van der Waals surface area contributed by atoms with Crippen LogP contribution in [0.15, 0.2) is 28.8 Å². The minimum atomic E-state index is 0.260. The largest absolute Gasteiger partial charge is 0.340 e. The van der Waals surface area contributed by atoms with Crippen LogP contribution in [0, 0.1) is 12.8 Å². The molecule has 1 aliphatic rings. The summed E-state index contributed by atoms with van der Waals surface area (Å²) in [4.78, 5) is 20.9. The van der Waals surface area contributed by atoms with E-state index in [1.807, 2.05) is 29.2 Å². The molecule has 0 saturated carbocycles. The maximum absolute atomic E-state index is 12.1. The molecule has 1 amide bonds. The topological polar surface area (TPSA) is 62.5 Å². The molecule has 1 aromatic carbocycles. The fourth-order valence-electron chi connectivity index (χ4n) is 2.97. The standard InChI is InChI=1S/C19H26N4O2/c1-14(2)12-18(24)23-10-8-22(9-11-23)13-17-20-19(25-21-17)16-6-4-15(3)5-7-16/h4-7,14H,8-13H2,1-3H3. The van der Waals surface area contributed by atoms with Crippen molar-refractivity contribution in [3.63, 3.8) is 0 Å². The summed E-state index contributed by atoms with van der Waals surface area (Å²) >= 11 is 0. The number of carbonyl (C=O) groups excluding carboxylic acids is 1. The summed E-state index contributed by atoms with van der Waals surface area (Å²) in [6.07, 6.45) is 0.630. The predicted octanol–water partition coefficient (Wildman–Crippen LogP) is 2.74. The third kappa shape index (κ3) is 4.66. The summed E-state index contributed by atoms with van der Waals surface area (Å²) in [6, 6.07) is 8.05. The zero-order valence-electron chi connectivity index (χ0n) is 15.2. The second-order valence-electron chi connectivity index (χ2n) is 7.14. The molecule has 2 heterocycles.